The van der Waals surface area contributed by atoms with Crippen molar-refractivity contribution >= 4 is 37.8 Å². The summed E-state index contributed by atoms with van der Waals surface area (Å²) in [5, 5.41) is 2.97. The number of unbranched alkanes of at least 4 members (excludes halogenated alkanes) is 3. The van der Waals surface area contributed by atoms with Crippen LogP contribution in [-0.2, 0) is 0 Å². The lowest BCUT2D eigenvalue weighted by Crippen LogP contribution is -2.24. The number of nitrogens with one attached hydrogen (secondary N) is 1. The largest absolute Gasteiger partial charge is 0.352 e. The van der Waals surface area contributed by atoms with Crippen molar-refractivity contribution in [1.29, 1.82) is 0 Å². The van der Waals surface area contributed by atoms with Crippen molar-refractivity contribution in [2.24, 2.45) is 5.92 Å². The summed E-state index contributed by atoms with van der Waals surface area (Å²) in [5.74, 6) is 0.788. The fourth-order valence-corrected chi connectivity index (χ4v) is 3.23. The third-order valence-corrected chi connectivity index (χ3v) is 4.32. The van der Waals surface area contributed by atoms with Gasteiger partial charge in [-0.25, -0.2) is 0 Å². The Balaban J connectivity index is 2.20. The Morgan fingerprint density at radius 1 is 1.15 bits per heavy atom. The van der Waals surface area contributed by atoms with Gasteiger partial charge in [-0.2, -0.15) is 0 Å². The Morgan fingerprint density at radius 3 is 2.50 bits per heavy atom. The van der Waals surface area contributed by atoms with Crippen LogP contribution in [0.15, 0.2) is 27.1 Å². The van der Waals surface area contributed by atoms with Gasteiger partial charge in [0.15, 0.2) is 0 Å². The lowest BCUT2D eigenvalue weighted by molar-refractivity contribution is 0.0952. The molecule has 1 rings (SSSR count). The molecule has 20 heavy (non-hydrogen) atoms. The SMILES string of the molecule is CC(C)CCCCCCNC(=O)c1ccc(Br)cc1Br. The van der Waals surface area contributed by atoms with Gasteiger partial charge in [0, 0.05) is 15.5 Å². The number of carbonyl (C=O) groups excluding carboxylic acids is 1. The van der Waals surface area contributed by atoms with E-state index in [2.05, 4.69) is 51.0 Å². The molecule has 1 amide bonds. The minimum atomic E-state index is -0.00782. The first kappa shape index (κ1) is 17.7. The van der Waals surface area contributed by atoms with Crippen LogP contribution in [0.25, 0.3) is 0 Å². The summed E-state index contributed by atoms with van der Waals surface area (Å²) in [6.07, 6.45) is 6.10. The van der Waals surface area contributed by atoms with E-state index in [-0.39, 0.29) is 5.91 Å². The highest BCUT2D eigenvalue weighted by Crippen LogP contribution is 2.21. The number of hydrogen-bond donors (Lipinski definition) is 1. The quantitative estimate of drug-likeness (QED) is 0.565. The summed E-state index contributed by atoms with van der Waals surface area (Å²) in [7, 11) is 0. The molecule has 0 aliphatic heterocycles. The van der Waals surface area contributed by atoms with Crippen LogP contribution in [0.2, 0.25) is 0 Å². The van der Waals surface area contributed by atoms with Gasteiger partial charge < -0.3 is 5.32 Å². The molecule has 112 valence electrons. The number of hydrogen-bond acceptors (Lipinski definition) is 1. The third kappa shape index (κ3) is 6.89. The summed E-state index contributed by atoms with van der Waals surface area (Å²) in [4.78, 5) is 12.0. The van der Waals surface area contributed by atoms with Crippen LogP contribution in [0.5, 0.6) is 0 Å². The van der Waals surface area contributed by atoms with E-state index in [1.54, 1.807) is 0 Å². The fraction of sp³-hybridized carbons (Fsp3) is 0.562. The predicted octanol–water partition coefficient (Wildman–Crippen LogP) is 5.55. The second-order valence-electron chi connectivity index (χ2n) is 5.48. The number of halogens is 2. The van der Waals surface area contributed by atoms with E-state index in [0.717, 1.165) is 27.8 Å². The molecule has 0 aromatic heterocycles. The fourth-order valence-electron chi connectivity index (χ4n) is 2.00. The van der Waals surface area contributed by atoms with Crippen LogP contribution in [0.4, 0.5) is 0 Å². The van der Waals surface area contributed by atoms with E-state index in [4.69, 9.17) is 0 Å². The molecule has 2 nitrogen and oxygen atoms in total. The molecule has 0 atom stereocenters. The molecule has 0 unspecified atom stereocenters. The zero-order valence-corrected chi connectivity index (χ0v) is 15.4. The molecule has 0 saturated heterocycles. The molecule has 0 fully saturated rings. The standard InChI is InChI=1S/C16H23Br2NO/c1-12(2)7-5-3-4-6-10-19-16(20)14-9-8-13(17)11-15(14)18/h8-9,11-12H,3-7,10H2,1-2H3,(H,19,20). The van der Waals surface area contributed by atoms with E-state index >= 15 is 0 Å². The van der Waals surface area contributed by atoms with E-state index < -0.39 is 0 Å². The highest BCUT2D eigenvalue weighted by Gasteiger charge is 2.09. The van der Waals surface area contributed by atoms with Gasteiger partial charge in [0.1, 0.15) is 0 Å². The first-order chi connectivity index (χ1) is 9.50. The number of amides is 1. The van der Waals surface area contributed by atoms with Gasteiger partial charge >= 0.3 is 0 Å². The third-order valence-electron chi connectivity index (χ3n) is 3.17. The van der Waals surface area contributed by atoms with E-state index in [0.29, 0.717) is 5.56 Å². The van der Waals surface area contributed by atoms with Gasteiger partial charge in [0.25, 0.3) is 5.91 Å². The maximum atomic E-state index is 12.0. The summed E-state index contributed by atoms with van der Waals surface area (Å²) in [6, 6.07) is 5.60. The van der Waals surface area contributed by atoms with E-state index in [9.17, 15) is 4.79 Å². The molecule has 1 aromatic carbocycles. The Labute approximate surface area is 139 Å². The maximum absolute atomic E-state index is 12.0. The molecule has 1 N–H and O–H groups in total. The second kappa shape index (κ2) is 9.56. The van der Waals surface area contributed by atoms with Crippen molar-refractivity contribution in [1.82, 2.24) is 5.32 Å². The Bertz CT molecular complexity index is 432. The normalized spacial score (nSPS) is 10.8. The molecule has 0 spiro atoms. The van der Waals surface area contributed by atoms with E-state index in [1.807, 2.05) is 18.2 Å². The minimum Gasteiger partial charge on any atom is -0.352 e. The molecule has 1 aromatic rings. The molecule has 0 aliphatic rings. The minimum absolute atomic E-state index is 0.00782. The average molecular weight is 405 g/mol. The number of rotatable bonds is 8. The molecule has 0 aliphatic carbocycles. The Hall–Kier alpha value is -0.350. The number of carbonyl (C=O) groups is 1. The summed E-state index contributed by atoms with van der Waals surface area (Å²) >= 11 is 6.80. The first-order valence-corrected chi connectivity index (χ1v) is 8.82. The van der Waals surface area contributed by atoms with Crippen molar-refractivity contribution < 1.29 is 4.79 Å². The van der Waals surface area contributed by atoms with Gasteiger partial charge in [0.05, 0.1) is 5.56 Å². The molecule has 0 heterocycles. The van der Waals surface area contributed by atoms with Crippen LogP contribution >= 0.6 is 31.9 Å². The Kier molecular flexibility index (Phi) is 8.46. The lowest BCUT2D eigenvalue weighted by atomic mass is 10.0. The molecule has 0 bridgehead atoms. The van der Waals surface area contributed by atoms with Crippen LogP contribution < -0.4 is 5.32 Å². The molecular formula is C16H23Br2NO. The lowest BCUT2D eigenvalue weighted by Gasteiger charge is -2.08. The van der Waals surface area contributed by atoms with Gasteiger partial charge in [-0.15, -0.1) is 0 Å². The summed E-state index contributed by atoms with van der Waals surface area (Å²) < 4.78 is 1.78. The van der Waals surface area contributed by atoms with Gasteiger partial charge in [-0.1, -0.05) is 55.5 Å². The van der Waals surface area contributed by atoms with Crippen molar-refractivity contribution in [2.45, 2.75) is 46.0 Å². The van der Waals surface area contributed by atoms with Gasteiger partial charge in [0.2, 0.25) is 0 Å². The first-order valence-electron chi connectivity index (χ1n) is 7.24. The van der Waals surface area contributed by atoms with Crippen molar-refractivity contribution in [3.05, 3.63) is 32.7 Å². The van der Waals surface area contributed by atoms with Gasteiger partial charge in [-0.05, 0) is 46.5 Å². The van der Waals surface area contributed by atoms with Crippen LogP contribution in [0.1, 0.15) is 56.3 Å². The topological polar surface area (TPSA) is 29.1 Å². The molecular weight excluding hydrogens is 382 g/mol. The van der Waals surface area contributed by atoms with Crippen molar-refractivity contribution in [3.8, 4) is 0 Å². The summed E-state index contributed by atoms with van der Waals surface area (Å²) in [6.45, 7) is 5.27. The molecule has 0 saturated carbocycles. The average Bonchev–Trinajstić information content (AvgIpc) is 2.37. The van der Waals surface area contributed by atoms with Gasteiger partial charge in [-0.3, -0.25) is 4.79 Å². The van der Waals surface area contributed by atoms with Crippen LogP contribution in [-0.4, -0.2) is 12.5 Å². The zero-order chi connectivity index (χ0) is 15.0. The molecule has 4 heteroatoms. The van der Waals surface area contributed by atoms with E-state index in [1.165, 1.54) is 25.7 Å². The van der Waals surface area contributed by atoms with Crippen molar-refractivity contribution in [3.63, 3.8) is 0 Å². The highest BCUT2D eigenvalue weighted by atomic mass is 79.9. The number of benzene rings is 1. The zero-order valence-electron chi connectivity index (χ0n) is 12.2. The predicted molar refractivity (Wildman–Crippen MR) is 92.1 cm³/mol. The second-order valence-corrected chi connectivity index (χ2v) is 7.25. The smallest absolute Gasteiger partial charge is 0.252 e. The maximum Gasteiger partial charge on any atom is 0.252 e. The summed E-state index contributed by atoms with van der Waals surface area (Å²) in [5.41, 5.74) is 0.688. The highest BCUT2D eigenvalue weighted by molar-refractivity contribution is 9.11. The monoisotopic (exact) mass is 403 g/mol. The Morgan fingerprint density at radius 2 is 1.85 bits per heavy atom. The molecule has 0 radical (unpaired) electrons. The van der Waals surface area contributed by atoms with Crippen LogP contribution in [0.3, 0.4) is 0 Å². The van der Waals surface area contributed by atoms with Crippen molar-refractivity contribution in [2.75, 3.05) is 6.54 Å². The van der Waals surface area contributed by atoms with Crippen LogP contribution in [0, 0.1) is 5.92 Å².